The predicted molar refractivity (Wildman–Crippen MR) is 66.5 cm³/mol. The van der Waals surface area contributed by atoms with Crippen LogP contribution in [0.15, 0.2) is 30.3 Å². The molecule has 0 amide bonds. The van der Waals surface area contributed by atoms with E-state index in [1.165, 1.54) is 0 Å². The first-order valence-electron chi connectivity index (χ1n) is 5.92. The molecule has 0 atom stereocenters. The standard InChI is InChI=1S/C13H15N3O2/c1-2-8-16-11(12(13(17)18)14-15-16)9-10-6-4-3-5-7-10/h3-7H,2,8-9H2,1H3,(H,17,18). The van der Waals surface area contributed by atoms with Gasteiger partial charge in [-0.15, -0.1) is 5.10 Å². The fourth-order valence-electron chi connectivity index (χ4n) is 1.85. The van der Waals surface area contributed by atoms with E-state index in [1.807, 2.05) is 37.3 Å². The number of carbonyl (C=O) groups is 1. The normalized spacial score (nSPS) is 10.5. The Labute approximate surface area is 105 Å². The number of aromatic nitrogens is 3. The highest BCUT2D eigenvalue weighted by Crippen LogP contribution is 2.13. The lowest BCUT2D eigenvalue weighted by Gasteiger charge is -2.05. The van der Waals surface area contributed by atoms with E-state index in [-0.39, 0.29) is 5.69 Å². The van der Waals surface area contributed by atoms with Gasteiger partial charge in [0, 0.05) is 13.0 Å². The summed E-state index contributed by atoms with van der Waals surface area (Å²) in [6.45, 7) is 2.71. The van der Waals surface area contributed by atoms with Crippen molar-refractivity contribution in [2.75, 3.05) is 0 Å². The van der Waals surface area contributed by atoms with E-state index >= 15 is 0 Å². The maximum absolute atomic E-state index is 11.1. The summed E-state index contributed by atoms with van der Waals surface area (Å²) in [7, 11) is 0. The summed E-state index contributed by atoms with van der Waals surface area (Å²) in [6.07, 6.45) is 1.43. The topological polar surface area (TPSA) is 68.0 Å². The van der Waals surface area contributed by atoms with Crippen LogP contribution >= 0.6 is 0 Å². The fourth-order valence-corrected chi connectivity index (χ4v) is 1.85. The van der Waals surface area contributed by atoms with Gasteiger partial charge in [0.2, 0.25) is 0 Å². The molecule has 1 aromatic carbocycles. The van der Waals surface area contributed by atoms with Crippen LogP contribution in [0.4, 0.5) is 0 Å². The minimum Gasteiger partial charge on any atom is -0.476 e. The number of aryl methyl sites for hydroxylation is 1. The van der Waals surface area contributed by atoms with Crippen molar-refractivity contribution in [3.05, 3.63) is 47.3 Å². The van der Waals surface area contributed by atoms with Crippen LogP contribution in [0.5, 0.6) is 0 Å². The zero-order valence-corrected chi connectivity index (χ0v) is 10.2. The predicted octanol–water partition coefficient (Wildman–Crippen LogP) is 1.98. The highest BCUT2D eigenvalue weighted by atomic mass is 16.4. The van der Waals surface area contributed by atoms with Gasteiger partial charge < -0.3 is 5.11 Å². The fraction of sp³-hybridized carbons (Fsp3) is 0.308. The molecule has 1 heterocycles. The molecule has 0 unspecified atom stereocenters. The number of carboxylic acid groups (broad SMARTS) is 1. The zero-order valence-electron chi connectivity index (χ0n) is 10.2. The molecule has 5 heteroatoms. The maximum Gasteiger partial charge on any atom is 0.358 e. The molecule has 0 radical (unpaired) electrons. The first-order chi connectivity index (χ1) is 8.72. The van der Waals surface area contributed by atoms with Crippen molar-refractivity contribution in [2.45, 2.75) is 26.3 Å². The Balaban J connectivity index is 2.34. The van der Waals surface area contributed by atoms with Gasteiger partial charge in [0.25, 0.3) is 0 Å². The van der Waals surface area contributed by atoms with Gasteiger partial charge in [0.05, 0.1) is 5.69 Å². The Morgan fingerprint density at radius 3 is 2.67 bits per heavy atom. The molecule has 0 spiro atoms. The Morgan fingerprint density at radius 1 is 1.33 bits per heavy atom. The monoisotopic (exact) mass is 245 g/mol. The smallest absolute Gasteiger partial charge is 0.358 e. The first-order valence-corrected chi connectivity index (χ1v) is 5.92. The highest BCUT2D eigenvalue weighted by Gasteiger charge is 2.18. The molecular weight excluding hydrogens is 230 g/mol. The van der Waals surface area contributed by atoms with Gasteiger partial charge in [-0.05, 0) is 12.0 Å². The molecule has 0 bridgehead atoms. The number of hydrogen-bond donors (Lipinski definition) is 1. The van der Waals surface area contributed by atoms with Crippen LogP contribution in [0, 0.1) is 0 Å². The average molecular weight is 245 g/mol. The molecule has 1 N–H and O–H groups in total. The summed E-state index contributed by atoms with van der Waals surface area (Å²) >= 11 is 0. The van der Waals surface area contributed by atoms with Crippen molar-refractivity contribution in [2.24, 2.45) is 0 Å². The number of rotatable bonds is 5. The molecule has 0 saturated heterocycles. The molecule has 18 heavy (non-hydrogen) atoms. The highest BCUT2D eigenvalue weighted by molar-refractivity contribution is 5.86. The van der Waals surface area contributed by atoms with Gasteiger partial charge in [-0.2, -0.15) is 0 Å². The van der Waals surface area contributed by atoms with Crippen LogP contribution in [0.1, 0.15) is 35.1 Å². The van der Waals surface area contributed by atoms with Gasteiger partial charge in [0.1, 0.15) is 0 Å². The lowest BCUT2D eigenvalue weighted by atomic mass is 10.1. The number of benzene rings is 1. The second-order valence-electron chi connectivity index (χ2n) is 4.08. The summed E-state index contributed by atoms with van der Waals surface area (Å²) in [5.41, 5.74) is 1.77. The summed E-state index contributed by atoms with van der Waals surface area (Å²) in [5.74, 6) is -1.02. The number of carboxylic acids is 1. The molecule has 0 aliphatic rings. The van der Waals surface area contributed by atoms with Crippen LogP contribution < -0.4 is 0 Å². The minimum absolute atomic E-state index is 0.0484. The van der Waals surface area contributed by atoms with Gasteiger partial charge in [-0.3, -0.25) is 0 Å². The Morgan fingerprint density at radius 2 is 2.06 bits per heavy atom. The van der Waals surface area contributed by atoms with Gasteiger partial charge in [-0.1, -0.05) is 42.5 Å². The van der Waals surface area contributed by atoms with Crippen molar-refractivity contribution in [3.63, 3.8) is 0 Å². The molecule has 2 rings (SSSR count). The minimum atomic E-state index is -1.02. The Bertz CT molecular complexity index is 534. The molecule has 2 aromatic rings. The number of hydrogen-bond acceptors (Lipinski definition) is 3. The van der Waals surface area contributed by atoms with Crippen molar-refractivity contribution < 1.29 is 9.90 Å². The number of aromatic carboxylic acids is 1. The second-order valence-corrected chi connectivity index (χ2v) is 4.08. The third-order valence-corrected chi connectivity index (χ3v) is 2.69. The van der Waals surface area contributed by atoms with E-state index in [0.717, 1.165) is 12.0 Å². The third kappa shape index (κ3) is 2.56. The Kier molecular flexibility index (Phi) is 3.72. The van der Waals surface area contributed by atoms with Crippen molar-refractivity contribution in [1.82, 2.24) is 15.0 Å². The van der Waals surface area contributed by atoms with Crippen LogP contribution in [0.3, 0.4) is 0 Å². The van der Waals surface area contributed by atoms with Crippen molar-refractivity contribution in [3.8, 4) is 0 Å². The molecule has 0 aliphatic heterocycles. The van der Waals surface area contributed by atoms with E-state index in [9.17, 15) is 4.79 Å². The summed E-state index contributed by atoms with van der Waals surface area (Å²) in [4.78, 5) is 11.1. The van der Waals surface area contributed by atoms with Gasteiger partial charge >= 0.3 is 5.97 Å². The summed E-state index contributed by atoms with van der Waals surface area (Å²) in [6, 6.07) is 9.74. The van der Waals surface area contributed by atoms with Gasteiger partial charge in [-0.25, -0.2) is 9.48 Å². The van der Waals surface area contributed by atoms with E-state index in [0.29, 0.717) is 18.7 Å². The van der Waals surface area contributed by atoms with Crippen LogP contribution in [-0.4, -0.2) is 26.1 Å². The van der Waals surface area contributed by atoms with E-state index < -0.39 is 5.97 Å². The number of nitrogens with zero attached hydrogens (tertiary/aromatic N) is 3. The molecule has 1 aromatic heterocycles. The molecule has 94 valence electrons. The van der Waals surface area contributed by atoms with Crippen LogP contribution in [-0.2, 0) is 13.0 Å². The lowest BCUT2D eigenvalue weighted by Crippen LogP contribution is -2.09. The quantitative estimate of drug-likeness (QED) is 0.874. The summed E-state index contributed by atoms with van der Waals surface area (Å²) < 4.78 is 1.68. The van der Waals surface area contributed by atoms with Crippen molar-refractivity contribution >= 4 is 5.97 Å². The zero-order chi connectivity index (χ0) is 13.0. The van der Waals surface area contributed by atoms with Crippen molar-refractivity contribution in [1.29, 1.82) is 0 Å². The molecule has 0 fully saturated rings. The summed E-state index contributed by atoms with van der Waals surface area (Å²) in [5, 5.41) is 16.8. The first kappa shape index (κ1) is 12.3. The SMILES string of the molecule is CCCn1nnc(C(=O)O)c1Cc1ccccc1. The van der Waals surface area contributed by atoms with E-state index in [2.05, 4.69) is 10.3 Å². The largest absolute Gasteiger partial charge is 0.476 e. The lowest BCUT2D eigenvalue weighted by molar-refractivity contribution is 0.0689. The molecule has 5 nitrogen and oxygen atoms in total. The van der Waals surface area contributed by atoms with Crippen LogP contribution in [0.25, 0.3) is 0 Å². The third-order valence-electron chi connectivity index (χ3n) is 2.69. The molecule has 0 saturated carbocycles. The van der Waals surface area contributed by atoms with Crippen LogP contribution in [0.2, 0.25) is 0 Å². The van der Waals surface area contributed by atoms with E-state index in [1.54, 1.807) is 4.68 Å². The molecular formula is C13H15N3O2. The average Bonchev–Trinajstić information content (AvgIpc) is 2.74. The Hall–Kier alpha value is -2.17. The maximum atomic E-state index is 11.1. The molecule has 0 aliphatic carbocycles. The van der Waals surface area contributed by atoms with Gasteiger partial charge in [0.15, 0.2) is 5.69 Å². The second kappa shape index (κ2) is 5.44. The van der Waals surface area contributed by atoms with E-state index in [4.69, 9.17) is 5.11 Å².